The number of nitrogens with two attached hydrogens (primary N) is 1. The van der Waals surface area contributed by atoms with Crippen LogP contribution in [0.1, 0.15) is 18.9 Å². The molecule has 84 valence electrons. The second-order valence-electron chi connectivity index (χ2n) is 3.75. The molecule has 1 aromatic rings. The lowest BCUT2D eigenvalue weighted by Gasteiger charge is -2.12. The quantitative estimate of drug-likeness (QED) is 0.694. The zero-order chi connectivity index (χ0) is 11.4. The van der Waals surface area contributed by atoms with E-state index in [9.17, 15) is 0 Å². The van der Waals surface area contributed by atoms with Crippen LogP contribution in [-0.4, -0.2) is 17.8 Å². The summed E-state index contributed by atoms with van der Waals surface area (Å²) in [7, 11) is 0. The van der Waals surface area contributed by atoms with Gasteiger partial charge in [0.25, 0.3) is 0 Å². The minimum absolute atomic E-state index is 0.290. The van der Waals surface area contributed by atoms with Gasteiger partial charge in [-0.3, -0.25) is 0 Å². The minimum Gasteiger partial charge on any atom is -0.398 e. The van der Waals surface area contributed by atoms with Crippen LogP contribution in [0.3, 0.4) is 0 Å². The molecule has 0 aliphatic heterocycles. The van der Waals surface area contributed by atoms with Crippen molar-refractivity contribution in [1.82, 2.24) is 0 Å². The summed E-state index contributed by atoms with van der Waals surface area (Å²) >= 11 is 5.91. The summed E-state index contributed by atoms with van der Waals surface area (Å²) < 4.78 is 0. The van der Waals surface area contributed by atoms with Crippen LogP contribution in [0.25, 0.3) is 0 Å². The van der Waals surface area contributed by atoms with Crippen molar-refractivity contribution in [2.75, 3.05) is 17.6 Å². The van der Waals surface area contributed by atoms with Gasteiger partial charge in [0.2, 0.25) is 0 Å². The third-order valence-electron chi connectivity index (χ3n) is 2.22. The first-order valence-electron chi connectivity index (χ1n) is 4.98. The lowest BCUT2D eigenvalue weighted by molar-refractivity contribution is 0.189. The summed E-state index contributed by atoms with van der Waals surface area (Å²) in [5, 5.41) is 12.9. The fourth-order valence-electron chi connectivity index (χ4n) is 1.31. The minimum atomic E-state index is -0.290. The van der Waals surface area contributed by atoms with E-state index in [0.29, 0.717) is 17.1 Å². The van der Waals surface area contributed by atoms with Crippen LogP contribution < -0.4 is 11.1 Å². The molecular formula is C11H17ClN2O. The number of nitrogen functional groups attached to an aromatic ring is 1. The van der Waals surface area contributed by atoms with Crippen LogP contribution in [0.2, 0.25) is 5.02 Å². The first-order chi connectivity index (χ1) is 7.00. The highest BCUT2D eigenvalue weighted by Gasteiger charge is 2.03. The smallest absolute Gasteiger partial charge is 0.0656 e. The van der Waals surface area contributed by atoms with Crippen LogP contribution in [0.4, 0.5) is 11.4 Å². The molecule has 4 heteroatoms. The molecule has 1 aromatic carbocycles. The maximum atomic E-state index is 9.11. The summed E-state index contributed by atoms with van der Waals surface area (Å²) in [6.07, 6.45) is 0.420. The Morgan fingerprint density at radius 3 is 2.80 bits per heavy atom. The molecule has 0 aliphatic rings. The normalized spacial score (nSPS) is 12.5. The van der Waals surface area contributed by atoms with E-state index in [0.717, 1.165) is 17.8 Å². The Kier molecular flexibility index (Phi) is 4.24. The van der Waals surface area contributed by atoms with Gasteiger partial charge < -0.3 is 16.2 Å². The molecule has 0 heterocycles. The first kappa shape index (κ1) is 12.1. The topological polar surface area (TPSA) is 58.3 Å². The summed E-state index contributed by atoms with van der Waals surface area (Å²) in [6, 6.07) is 3.65. The van der Waals surface area contributed by atoms with Gasteiger partial charge in [-0.2, -0.15) is 0 Å². The van der Waals surface area contributed by atoms with Crippen molar-refractivity contribution in [2.24, 2.45) is 0 Å². The SMILES string of the molecule is Cc1cc(N)c(Cl)cc1NCCC(C)O. The number of halogens is 1. The maximum Gasteiger partial charge on any atom is 0.0656 e. The third kappa shape index (κ3) is 3.61. The van der Waals surface area contributed by atoms with E-state index in [1.54, 1.807) is 6.92 Å². The van der Waals surface area contributed by atoms with Crippen molar-refractivity contribution < 1.29 is 5.11 Å². The van der Waals surface area contributed by atoms with Crippen LogP contribution in [-0.2, 0) is 0 Å². The van der Waals surface area contributed by atoms with Gasteiger partial charge in [-0.25, -0.2) is 0 Å². The van der Waals surface area contributed by atoms with Crippen LogP contribution in [0, 0.1) is 6.92 Å². The second-order valence-corrected chi connectivity index (χ2v) is 4.16. The van der Waals surface area contributed by atoms with Crippen LogP contribution in [0.5, 0.6) is 0 Å². The molecule has 0 bridgehead atoms. The Bertz CT molecular complexity index is 340. The standard InChI is InChI=1S/C11H17ClN2O/c1-7-5-10(13)9(12)6-11(7)14-4-3-8(2)15/h5-6,8,14-15H,3-4,13H2,1-2H3. The van der Waals surface area contributed by atoms with Gasteiger partial charge in [0.05, 0.1) is 16.8 Å². The van der Waals surface area contributed by atoms with Crippen molar-refractivity contribution in [3.05, 3.63) is 22.7 Å². The van der Waals surface area contributed by atoms with Gasteiger partial charge in [0, 0.05) is 12.2 Å². The van der Waals surface area contributed by atoms with Crippen molar-refractivity contribution in [3.63, 3.8) is 0 Å². The van der Waals surface area contributed by atoms with Crippen molar-refractivity contribution in [2.45, 2.75) is 26.4 Å². The van der Waals surface area contributed by atoms with Crippen molar-refractivity contribution in [1.29, 1.82) is 0 Å². The number of aliphatic hydroxyl groups is 1. The fraction of sp³-hybridized carbons (Fsp3) is 0.455. The average Bonchev–Trinajstić information content (AvgIpc) is 2.13. The number of aryl methyl sites for hydroxylation is 1. The van der Waals surface area contributed by atoms with E-state index in [-0.39, 0.29) is 6.10 Å². The first-order valence-corrected chi connectivity index (χ1v) is 5.36. The number of rotatable bonds is 4. The van der Waals surface area contributed by atoms with E-state index in [2.05, 4.69) is 5.32 Å². The Morgan fingerprint density at radius 2 is 2.20 bits per heavy atom. The van der Waals surface area contributed by atoms with Gasteiger partial charge in [0.1, 0.15) is 0 Å². The number of nitrogens with one attached hydrogen (secondary N) is 1. The number of anilines is 2. The molecule has 0 saturated carbocycles. The Balaban J connectivity index is 2.65. The number of hydrogen-bond donors (Lipinski definition) is 3. The van der Waals surface area contributed by atoms with Crippen LogP contribution in [0.15, 0.2) is 12.1 Å². The molecule has 1 unspecified atom stereocenters. The van der Waals surface area contributed by atoms with E-state index in [4.69, 9.17) is 22.4 Å². The average molecular weight is 229 g/mol. The molecular weight excluding hydrogens is 212 g/mol. The Hall–Kier alpha value is -0.930. The second kappa shape index (κ2) is 5.24. The van der Waals surface area contributed by atoms with Crippen molar-refractivity contribution >= 4 is 23.0 Å². The largest absolute Gasteiger partial charge is 0.398 e. The molecule has 0 amide bonds. The highest BCUT2D eigenvalue weighted by atomic mass is 35.5. The van der Waals surface area contributed by atoms with Gasteiger partial charge in [0.15, 0.2) is 0 Å². The monoisotopic (exact) mass is 228 g/mol. The van der Waals surface area contributed by atoms with E-state index in [1.165, 1.54) is 0 Å². The molecule has 0 aliphatic carbocycles. The Morgan fingerprint density at radius 1 is 1.53 bits per heavy atom. The summed E-state index contributed by atoms with van der Waals surface area (Å²) in [4.78, 5) is 0. The molecule has 0 fully saturated rings. The maximum absolute atomic E-state index is 9.11. The molecule has 1 atom stereocenters. The zero-order valence-corrected chi connectivity index (χ0v) is 9.80. The van der Waals surface area contributed by atoms with Crippen LogP contribution >= 0.6 is 11.6 Å². The predicted molar refractivity (Wildman–Crippen MR) is 65.4 cm³/mol. The molecule has 0 aromatic heterocycles. The number of aliphatic hydroxyl groups excluding tert-OH is 1. The number of benzene rings is 1. The highest BCUT2D eigenvalue weighted by molar-refractivity contribution is 6.33. The molecule has 0 spiro atoms. The lowest BCUT2D eigenvalue weighted by atomic mass is 10.1. The third-order valence-corrected chi connectivity index (χ3v) is 2.55. The van der Waals surface area contributed by atoms with E-state index < -0.39 is 0 Å². The highest BCUT2D eigenvalue weighted by Crippen LogP contribution is 2.26. The lowest BCUT2D eigenvalue weighted by Crippen LogP contribution is -2.10. The molecule has 4 N–H and O–H groups in total. The predicted octanol–water partition coefficient (Wildman–Crippen LogP) is 2.41. The Labute approximate surface area is 95.2 Å². The van der Waals surface area contributed by atoms with Gasteiger partial charge in [-0.05, 0) is 38.0 Å². The summed E-state index contributed by atoms with van der Waals surface area (Å²) in [6.45, 7) is 4.46. The van der Waals surface area contributed by atoms with E-state index in [1.807, 2.05) is 19.1 Å². The van der Waals surface area contributed by atoms with Gasteiger partial charge >= 0.3 is 0 Å². The molecule has 3 nitrogen and oxygen atoms in total. The molecule has 15 heavy (non-hydrogen) atoms. The molecule has 0 saturated heterocycles. The summed E-state index contributed by atoms with van der Waals surface area (Å²) in [5.74, 6) is 0. The van der Waals surface area contributed by atoms with Gasteiger partial charge in [-0.1, -0.05) is 11.6 Å². The number of hydrogen-bond acceptors (Lipinski definition) is 3. The fourth-order valence-corrected chi connectivity index (χ4v) is 1.47. The summed E-state index contributed by atoms with van der Waals surface area (Å²) in [5.41, 5.74) is 8.28. The van der Waals surface area contributed by atoms with E-state index >= 15 is 0 Å². The molecule has 1 rings (SSSR count). The van der Waals surface area contributed by atoms with Crippen molar-refractivity contribution in [3.8, 4) is 0 Å². The van der Waals surface area contributed by atoms with Gasteiger partial charge in [-0.15, -0.1) is 0 Å². The zero-order valence-electron chi connectivity index (χ0n) is 9.05. The molecule has 0 radical (unpaired) electrons.